The average molecular weight is 429 g/mol. The van der Waals surface area contributed by atoms with Crippen LogP contribution in [0.1, 0.15) is 37.1 Å². The number of hydrogen-bond acceptors (Lipinski definition) is 6. The molecule has 0 unspecified atom stereocenters. The second kappa shape index (κ2) is 8.80. The molecular formula is C17H18F3N5O3S. The highest BCUT2D eigenvalue weighted by atomic mass is 32.2. The summed E-state index contributed by atoms with van der Waals surface area (Å²) in [6.45, 7) is 0. The molecule has 1 aliphatic carbocycles. The lowest BCUT2D eigenvalue weighted by Gasteiger charge is -2.09. The number of anilines is 1. The number of amides is 1. The highest BCUT2D eigenvalue weighted by Crippen LogP contribution is 2.35. The third-order valence-corrected chi connectivity index (χ3v) is 5.44. The van der Waals surface area contributed by atoms with E-state index >= 15 is 0 Å². The zero-order valence-electron chi connectivity index (χ0n) is 15.2. The molecule has 1 amide bonds. The quantitative estimate of drug-likeness (QED) is 0.387. The Labute approximate surface area is 167 Å². The first-order valence-corrected chi connectivity index (χ1v) is 9.90. The van der Waals surface area contributed by atoms with Crippen LogP contribution in [0.4, 0.5) is 24.5 Å². The summed E-state index contributed by atoms with van der Waals surface area (Å²) in [6.07, 6.45) is 0.852. The van der Waals surface area contributed by atoms with Crippen molar-refractivity contribution >= 4 is 29.0 Å². The first-order chi connectivity index (χ1) is 13.7. The Kier molecular flexibility index (Phi) is 6.40. The molecule has 1 aromatic carbocycles. The number of aromatic nitrogens is 3. The van der Waals surface area contributed by atoms with Gasteiger partial charge in [-0.15, -0.1) is 5.10 Å². The monoisotopic (exact) mass is 429 g/mol. The Morgan fingerprint density at radius 3 is 2.72 bits per heavy atom. The summed E-state index contributed by atoms with van der Waals surface area (Å²) < 4.78 is 38.2. The number of halogens is 3. The lowest BCUT2D eigenvalue weighted by Crippen LogP contribution is -2.16. The van der Waals surface area contributed by atoms with Crippen molar-refractivity contribution < 1.29 is 22.9 Å². The van der Waals surface area contributed by atoms with E-state index in [1.807, 2.05) is 0 Å². The number of hydrogen-bond donors (Lipinski definition) is 2. The van der Waals surface area contributed by atoms with E-state index < -0.39 is 28.3 Å². The fourth-order valence-electron chi connectivity index (χ4n) is 3.20. The van der Waals surface area contributed by atoms with Gasteiger partial charge in [0.05, 0.1) is 16.2 Å². The van der Waals surface area contributed by atoms with Crippen molar-refractivity contribution in [2.24, 2.45) is 5.92 Å². The van der Waals surface area contributed by atoms with Crippen LogP contribution in [0.5, 0.6) is 0 Å². The Balaban J connectivity index is 1.58. The Morgan fingerprint density at radius 1 is 1.34 bits per heavy atom. The number of nitro groups is 1. The molecule has 0 saturated heterocycles. The summed E-state index contributed by atoms with van der Waals surface area (Å²) in [5.74, 6) is 0.585. The molecule has 0 aliphatic heterocycles. The maximum Gasteiger partial charge on any atom is 0.416 e. The van der Waals surface area contributed by atoms with E-state index in [9.17, 15) is 28.1 Å². The number of carbonyl (C=O) groups is 1. The minimum Gasteiger partial charge on any atom is -0.320 e. The zero-order valence-corrected chi connectivity index (χ0v) is 16.0. The zero-order chi connectivity index (χ0) is 21.0. The molecule has 3 rings (SSSR count). The standard InChI is InChI=1S/C17H18F3N5O3S/c18-17(19,20)11-5-6-12(13(8-11)25(27)28)21-15(26)9-29-16-22-14(23-24-16)7-10-3-1-2-4-10/h5-6,8,10H,1-4,7,9H2,(H,21,26)(H,22,23,24). The van der Waals surface area contributed by atoms with Gasteiger partial charge in [-0.05, 0) is 18.1 Å². The van der Waals surface area contributed by atoms with E-state index in [1.165, 1.54) is 12.8 Å². The van der Waals surface area contributed by atoms with E-state index in [2.05, 4.69) is 20.5 Å². The number of rotatable bonds is 7. The molecule has 8 nitrogen and oxygen atoms in total. The van der Waals surface area contributed by atoms with Crippen molar-refractivity contribution in [3.05, 3.63) is 39.7 Å². The summed E-state index contributed by atoms with van der Waals surface area (Å²) in [6, 6.07) is 1.95. The lowest BCUT2D eigenvalue weighted by molar-refractivity contribution is -0.384. The van der Waals surface area contributed by atoms with Gasteiger partial charge in [-0.2, -0.15) is 13.2 Å². The molecule has 29 heavy (non-hydrogen) atoms. The summed E-state index contributed by atoms with van der Waals surface area (Å²) in [4.78, 5) is 26.5. The van der Waals surface area contributed by atoms with Gasteiger partial charge in [-0.25, -0.2) is 4.98 Å². The Morgan fingerprint density at radius 2 is 2.07 bits per heavy atom. The van der Waals surface area contributed by atoms with Crippen LogP contribution in [-0.2, 0) is 17.4 Å². The third-order valence-electron chi connectivity index (χ3n) is 4.60. The highest BCUT2D eigenvalue weighted by Gasteiger charge is 2.33. The van der Waals surface area contributed by atoms with Gasteiger partial charge in [0.25, 0.3) is 5.69 Å². The van der Waals surface area contributed by atoms with Crippen LogP contribution in [0.3, 0.4) is 0 Å². The van der Waals surface area contributed by atoms with Gasteiger partial charge >= 0.3 is 6.18 Å². The fraction of sp³-hybridized carbons (Fsp3) is 0.471. The molecule has 156 valence electrons. The molecule has 0 spiro atoms. The minimum absolute atomic E-state index is 0.140. The summed E-state index contributed by atoms with van der Waals surface area (Å²) >= 11 is 1.03. The fourth-order valence-corrected chi connectivity index (χ4v) is 3.82. The number of H-pyrrole nitrogens is 1. The topological polar surface area (TPSA) is 114 Å². The molecule has 2 N–H and O–H groups in total. The number of nitrogens with zero attached hydrogens (tertiary/aromatic N) is 3. The smallest absolute Gasteiger partial charge is 0.320 e. The SMILES string of the molecule is O=C(CSc1n[nH]c(CC2CCCC2)n1)Nc1ccc(C(F)(F)F)cc1[N+](=O)[O-]. The molecule has 0 atom stereocenters. The summed E-state index contributed by atoms with van der Waals surface area (Å²) in [7, 11) is 0. The first-order valence-electron chi connectivity index (χ1n) is 8.92. The van der Waals surface area contributed by atoms with Crippen molar-refractivity contribution in [1.82, 2.24) is 15.2 Å². The van der Waals surface area contributed by atoms with E-state index in [-0.39, 0.29) is 11.4 Å². The van der Waals surface area contributed by atoms with Crippen LogP contribution < -0.4 is 5.32 Å². The van der Waals surface area contributed by atoms with E-state index in [0.29, 0.717) is 23.2 Å². The molecule has 0 bridgehead atoms. The minimum atomic E-state index is -4.72. The Hall–Kier alpha value is -2.63. The number of aromatic amines is 1. The van der Waals surface area contributed by atoms with Crippen LogP contribution in [-0.4, -0.2) is 31.8 Å². The van der Waals surface area contributed by atoms with Crippen LogP contribution >= 0.6 is 11.8 Å². The van der Waals surface area contributed by atoms with Gasteiger partial charge in [0.2, 0.25) is 11.1 Å². The first kappa shape index (κ1) is 21.1. The second-order valence-corrected chi connectivity index (χ2v) is 7.69. The normalized spacial score (nSPS) is 14.9. The summed E-state index contributed by atoms with van der Waals surface area (Å²) in [5.41, 5.74) is -2.28. The van der Waals surface area contributed by atoms with Gasteiger partial charge in [-0.1, -0.05) is 37.4 Å². The number of nitro benzene ring substituents is 1. The van der Waals surface area contributed by atoms with Crippen molar-refractivity contribution in [3.8, 4) is 0 Å². The van der Waals surface area contributed by atoms with Gasteiger partial charge in [-0.3, -0.25) is 20.0 Å². The van der Waals surface area contributed by atoms with Crippen molar-refractivity contribution in [3.63, 3.8) is 0 Å². The molecule has 12 heteroatoms. The number of carbonyl (C=O) groups excluding carboxylic acids is 1. The molecule has 1 aliphatic rings. The van der Waals surface area contributed by atoms with E-state index in [0.717, 1.165) is 42.9 Å². The van der Waals surface area contributed by atoms with Crippen LogP contribution in [0.25, 0.3) is 0 Å². The molecule has 1 fully saturated rings. The van der Waals surface area contributed by atoms with Crippen LogP contribution in [0.2, 0.25) is 0 Å². The maximum atomic E-state index is 12.7. The predicted octanol–water partition coefficient (Wildman–Crippen LogP) is 4.20. The van der Waals surface area contributed by atoms with Gasteiger partial charge in [0, 0.05) is 12.5 Å². The van der Waals surface area contributed by atoms with Crippen LogP contribution in [0.15, 0.2) is 23.4 Å². The maximum absolute atomic E-state index is 12.7. The number of benzene rings is 1. The van der Waals surface area contributed by atoms with Gasteiger partial charge < -0.3 is 5.32 Å². The Bertz CT molecular complexity index is 897. The third kappa shape index (κ3) is 5.68. The van der Waals surface area contributed by atoms with Crippen molar-refractivity contribution in [2.75, 3.05) is 11.1 Å². The predicted molar refractivity (Wildman–Crippen MR) is 99.5 cm³/mol. The average Bonchev–Trinajstić information content (AvgIpc) is 3.31. The molecule has 2 aromatic rings. The van der Waals surface area contributed by atoms with Crippen molar-refractivity contribution in [2.45, 2.75) is 43.4 Å². The molecule has 1 aromatic heterocycles. The molecule has 0 radical (unpaired) electrons. The number of nitrogens with one attached hydrogen (secondary N) is 2. The highest BCUT2D eigenvalue weighted by molar-refractivity contribution is 7.99. The van der Waals surface area contributed by atoms with E-state index in [1.54, 1.807) is 0 Å². The van der Waals surface area contributed by atoms with Crippen LogP contribution in [0, 0.1) is 16.0 Å². The van der Waals surface area contributed by atoms with Gasteiger partial charge in [0.1, 0.15) is 11.5 Å². The van der Waals surface area contributed by atoms with Gasteiger partial charge in [0.15, 0.2) is 0 Å². The number of thioether (sulfide) groups is 1. The van der Waals surface area contributed by atoms with Crippen molar-refractivity contribution in [1.29, 1.82) is 0 Å². The lowest BCUT2D eigenvalue weighted by atomic mass is 10.0. The second-order valence-electron chi connectivity index (χ2n) is 6.74. The molecule has 1 heterocycles. The summed E-state index contributed by atoms with van der Waals surface area (Å²) in [5, 5.41) is 20.6. The largest absolute Gasteiger partial charge is 0.416 e. The van der Waals surface area contributed by atoms with E-state index in [4.69, 9.17) is 0 Å². The molecular weight excluding hydrogens is 411 g/mol. The number of alkyl halides is 3. The molecule has 1 saturated carbocycles.